The van der Waals surface area contributed by atoms with Crippen molar-refractivity contribution >= 4 is 51.9 Å². The molecule has 0 spiro atoms. The van der Waals surface area contributed by atoms with Crippen LogP contribution < -0.4 is 10.6 Å². The van der Waals surface area contributed by atoms with E-state index in [1.807, 2.05) is 0 Å². The Balaban J connectivity index is 2.10. The summed E-state index contributed by atoms with van der Waals surface area (Å²) in [6, 6.07) is 11.4. The maximum atomic E-state index is 13.4. The molecule has 0 amide bonds. The van der Waals surface area contributed by atoms with E-state index in [-0.39, 0.29) is 16.6 Å². The van der Waals surface area contributed by atoms with Gasteiger partial charge in [-0.15, -0.1) is 0 Å². The summed E-state index contributed by atoms with van der Waals surface area (Å²) in [7, 11) is 0. The van der Waals surface area contributed by atoms with Crippen LogP contribution in [0.3, 0.4) is 0 Å². The van der Waals surface area contributed by atoms with Crippen molar-refractivity contribution in [1.29, 1.82) is 0 Å². The Kier molecular flexibility index (Phi) is 4.58. The molecule has 0 aliphatic carbocycles. The van der Waals surface area contributed by atoms with Crippen molar-refractivity contribution in [2.75, 3.05) is 10.6 Å². The third-order valence-corrected chi connectivity index (χ3v) is 3.34. The number of hydrogen-bond donors (Lipinski definition) is 2. The van der Waals surface area contributed by atoms with Crippen LogP contribution in [0.2, 0.25) is 10.0 Å². The number of benzene rings is 2. The topological polar surface area (TPSA) is 24.1 Å². The standard InChI is InChI=1S/C13H9Cl2FN2S/c14-8-4-3-7-11(12(8)15)18-13(19)17-10-6-2-1-5-9(10)16/h1-7H,(H2,17,18,19). The van der Waals surface area contributed by atoms with Gasteiger partial charge >= 0.3 is 0 Å². The van der Waals surface area contributed by atoms with Gasteiger partial charge in [-0.05, 0) is 36.5 Å². The number of anilines is 2. The van der Waals surface area contributed by atoms with Crippen LogP contribution in [0.1, 0.15) is 0 Å². The second-order valence-corrected chi connectivity index (χ2v) is 4.85. The number of nitrogens with one attached hydrogen (secondary N) is 2. The first-order chi connectivity index (χ1) is 9.08. The van der Waals surface area contributed by atoms with E-state index >= 15 is 0 Å². The molecule has 0 aliphatic heterocycles. The normalized spacial score (nSPS) is 10.1. The highest BCUT2D eigenvalue weighted by Crippen LogP contribution is 2.29. The maximum absolute atomic E-state index is 13.4. The van der Waals surface area contributed by atoms with E-state index < -0.39 is 0 Å². The molecule has 0 aliphatic rings. The lowest BCUT2D eigenvalue weighted by molar-refractivity contribution is 0.632. The SMILES string of the molecule is Fc1ccccc1NC(=S)Nc1cccc(Cl)c1Cl. The van der Waals surface area contributed by atoms with Gasteiger partial charge in [-0.1, -0.05) is 41.4 Å². The van der Waals surface area contributed by atoms with Gasteiger partial charge in [0.15, 0.2) is 5.11 Å². The molecule has 0 saturated carbocycles. The second-order valence-electron chi connectivity index (χ2n) is 3.66. The third-order valence-electron chi connectivity index (χ3n) is 2.32. The molecule has 0 fully saturated rings. The van der Waals surface area contributed by atoms with Crippen molar-refractivity contribution in [3.63, 3.8) is 0 Å². The highest BCUT2D eigenvalue weighted by atomic mass is 35.5. The minimum absolute atomic E-state index is 0.231. The van der Waals surface area contributed by atoms with Gasteiger partial charge < -0.3 is 10.6 Å². The molecule has 0 atom stereocenters. The summed E-state index contributed by atoms with van der Waals surface area (Å²) < 4.78 is 13.4. The Morgan fingerprint density at radius 2 is 1.58 bits per heavy atom. The Morgan fingerprint density at radius 1 is 0.947 bits per heavy atom. The summed E-state index contributed by atoms with van der Waals surface area (Å²) in [4.78, 5) is 0. The van der Waals surface area contributed by atoms with Crippen LogP contribution in [0.25, 0.3) is 0 Å². The zero-order valence-corrected chi connectivity index (χ0v) is 11.9. The summed E-state index contributed by atoms with van der Waals surface area (Å²) in [6.07, 6.45) is 0. The summed E-state index contributed by atoms with van der Waals surface area (Å²) >= 11 is 17.0. The molecule has 0 bridgehead atoms. The minimum Gasteiger partial charge on any atom is -0.331 e. The number of rotatable bonds is 2. The molecular formula is C13H9Cl2FN2S. The molecule has 2 N–H and O–H groups in total. The average molecular weight is 315 g/mol. The van der Waals surface area contributed by atoms with Crippen LogP contribution in [0.4, 0.5) is 15.8 Å². The average Bonchev–Trinajstić information content (AvgIpc) is 2.38. The molecule has 0 radical (unpaired) electrons. The van der Waals surface area contributed by atoms with Crippen LogP contribution >= 0.6 is 35.4 Å². The van der Waals surface area contributed by atoms with E-state index in [1.54, 1.807) is 36.4 Å². The molecule has 2 aromatic rings. The fraction of sp³-hybridized carbons (Fsp3) is 0. The fourth-order valence-corrected chi connectivity index (χ4v) is 2.01. The van der Waals surface area contributed by atoms with Crippen LogP contribution in [0.5, 0.6) is 0 Å². The molecule has 0 aromatic heterocycles. The Morgan fingerprint density at radius 3 is 2.32 bits per heavy atom. The molecule has 0 unspecified atom stereocenters. The highest BCUT2D eigenvalue weighted by Gasteiger charge is 2.07. The number of halogens is 3. The van der Waals surface area contributed by atoms with E-state index in [4.69, 9.17) is 35.4 Å². The van der Waals surface area contributed by atoms with Gasteiger partial charge in [0, 0.05) is 0 Å². The fourth-order valence-electron chi connectivity index (χ4n) is 1.44. The molecule has 2 rings (SSSR count). The molecular weight excluding hydrogens is 306 g/mol. The first-order valence-corrected chi connectivity index (χ1v) is 6.51. The highest BCUT2D eigenvalue weighted by molar-refractivity contribution is 7.80. The predicted molar refractivity (Wildman–Crippen MR) is 82.7 cm³/mol. The summed E-state index contributed by atoms with van der Waals surface area (Å²) in [5.74, 6) is -0.385. The zero-order valence-electron chi connectivity index (χ0n) is 9.58. The molecule has 2 nitrogen and oxygen atoms in total. The first-order valence-electron chi connectivity index (χ1n) is 5.34. The largest absolute Gasteiger partial charge is 0.331 e. The van der Waals surface area contributed by atoms with Crippen molar-refractivity contribution in [2.45, 2.75) is 0 Å². The maximum Gasteiger partial charge on any atom is 0.175 e. The molecule has 19 heavy (non-hydrogen) atoms. The Bertz CT molecular complexity index is 619. The van der Waals surface area contributed by atoms with Crippen molar-refractivity contribution < 1.29 is 4.39 Å². The quantitative estimate of drug-likeness (QED) is 0.768. The Hall–Kier alpha value is -1.36. The number of thiocarbonyl (C=S) groups is 1. The molecule has 0 saturated heterocycles. The van der Waals surface area contributed by atoms with Crippen molar-refractivity contribution in [1.82, 2.24) is 0 Å². The first kappa shape index (κ1) is 14.1. The van der Waals surface area contributed by atoms with Crippen molar-refractivity contribution in [2.24, 2.45) is 0 Å². The molecule has 6 heteroatoms. The zero-order chi connectivity index (χ0) is 13.8. The lowest BCUT2D eigenvalue weighted by Gasteiger charge is -2.12. The van der Waals surface area contributed by atoms with Crippen LogP contribution in [-0.4, -0.2) is 5.11 Å². The van der Waals surface area contributed by atoms with E-state index in [2.05, 4.69) is 10.6 Å². The second kappa shape index (κ2) is 6.19. The minimum atomic E-state index is -0.385. The Labute approximate surface area is 125 Å². The van der Waals surface area contributed by atoms with Gasteiger partial charge in [0.2, 0.25) is 0 Å². The molecule has 98 valence electrons. The van der Waals surface area contributed by atoms with Crippen molar-refractivity contribution in [3.05, 3.63) is 58.3 Å². The molecule has 0 heterocycles. The lowest BCUT2D eigenvalue weighted by Crippen LogP contribution is -2.19. The van der Waals surface area contributed by atoms with Gasteiger partial charge in [0.1, 0.15) is 5.82 Å². The van der Waals surface area contributed by atoms with Gasteiger partial charge in [-0.3, -0.25) is 0 Å². The lowest BCUT2D eigenvalue weighted by atomic mass is 10.3. The van der Waals surface area contributed by atoms with Crippen LogP contribution in [0, 0.1) is 5.82 Å². The smallest absolute Gasteiger partial charge is 0.175 e. The molecule has 2 aromatic carbocycles. The van der Waals surface area contributed by atoms with E-state index in [0.29, 0.717) is 15.7 Å². The monoisotopic (exact) mass is 314 g/mol. The van der Waals surface area contributed by atoms with E-state index in [0.717, 1.165) is 0 Å². The number of para-hydroxylation sites is 1. The van der Waals surface area contributed by atoms with Gasteiger partial charge in [0.25, 0.3) is 0 Å². The summed E-state index contributed by atoms with van der Waals surface area (Å²) in [5, 5.41) is 6.62. The van der Waals surface area contributed by atoms with Gasteiger partial charge in [-0.25, -0.2) is 4.39 Å². The van der Waals surface area contributed by atoms with Crippen molar-refractivity contribution in [3.8, 4) is 0 Å². The van der Waals surface area contributed by atoms with Gasteiger partial charge in [-0.2, -0.15) is 0 Å². The van der Waals surface area contributed by atoms with E-state index in [9.17, 15) is 4.39 Å². The number of hydrogen-bond acceptors (Lipinski definition) is 1. The summed E-state index contributed by atoms with van der Waals surface area (Å²) in [6.45, 7) is 0. The van der Waals surface area contributed by atoms with Gasteiger partial charge in [0.05, 0.1) is 21.4 Å². The predicted octanol–water partition coefficient (Wildman–Crippen LogP) is 4.94. The third kappa shape index (κ3) is 3.56. The van der Waals surface area contributed by atoms with Crippen LogP contribution in [-0.2, 0) is 0 Å². The summed E-state index contributed by atoms with van der Waals surface area (Å²) in [5.41, 5.74) is 0.848. The van der Waals surface area contributed by atoms with E-state index in [1.165, 1.54) is 6.07 Å². The van der Waals surface area contributed by atoms with Crippen LogP contribution in [0.15, 0.2) is 42.5 Å².